The summed E-state index contributed by atoms with van der Waals surface area (Å²) in [6.07, 6.45) is -4.67. The molecule has 0 spiro atoms. The minimum absolute atomic E-state index is 0.136. The highest BCUT2D eigenvalue weighted by atomic mass is 32.2. The number of benzene rings is 3. The number of rotatable bonds is 7. The molecule has 1 amide bonds. The number of alkyl halides is 3. The van der Waals surface area contributed by atoms with Gasteiger partial charge in [0.25, 0.3) is 10.0 Å². The van der Waals surface area contributed by atoms with Crippen LogP contribution in [0.15, 0.2) is 77.7 Å². The topological polar surface area (TPSA) is 66.5 Å². The van der Waals surface area contributed by atoms with Crippen molar-refractivity contribution in [2.75, 3.05) is 10.8 Å². The molecule has 0 saturated carbocycles. The molecule has 0 aliphatic rings. The molecule has 0 fully saturated rings. The molecule has 0 heterocycles. The Bertz CT molecular complexity index is 1280. The fourth-order valence-corrected chi connectivity index (χ4v) is 5.11. The van der Waals surface area contributed by atoms with Gasteiger partial charge in [-0.25, -0.2) is 8.42 Å². The molecule has 0 unspecified atom stereocenters. The van der Waals surface area contributed by atoms with Crippen molar-refractivity contribution in [3.05, 3.63) is 95.1 Å². The van der Waals surface area contributed by atoms with E-state index in [1.165, 1.54) is 30.3 Å². The van der Waals surface area contributed by atoms with Crippen molar-refractivity contribution in [3.8, 4) is 0 Å². The monoisotopic (exact) mass is 490 g/mol. The zero-order valence-corrected chi connectivity index (χ0v) is 19.7. The van der Waals surface area contributed by atoms with Crippen molar-refractivity contribution in [1.82, 2.24) is 5.32 Å². The standard InChI is InChI=1S/C25H25F3N2O3S/c1-17-12-13-23(18(2)14-17)19(3)29-24(31)16-30(34(32,33)22-10-5-4-6-11-22)21-9-7-8-20(15-21)25(26,27)28/h4-15,19H,16H2,1-3H3,(H,29,31)/t19-/m1/s1. The van der Waals surface area contributed by atoms with Crippen LogP contribution in [0.25, 0.3) is 0 Å². The number of halogens is 3. The largest absolute Gasteiger partial charge is 0.416 e. The van der Waals surface area contributed by atoms with Crippen LogP contribution >= 0.6 is 0 Å². The lowest BCUT2D eigenvalue weighted by Gasteiger charge is -2.26. The van der Waals surface area contributed by atoms with Gasteiger partial charge in [0.1, 0.15) is 6.54 Å². The molecule has 9 heteroatoms. The van der Waals surface area contributed by atoms with E-state index in [0.717, 1.165) is 34.9 Å². The van der Waals surface area contributed by atoms with Crippen LogP contribution in [0.4, 0.5) is 18.9 Å². The van der Waals surface area contributed by atoms with Gasteiger partial charge in [-0.15, -0.1) is 0 Å². The molecule has 0 aromatic heterocycles. The number of hydrogen-bond donors (Lipinski definition) is 1. The van der Waals surface area contributed by atoms with Gasteiger partial charge in [0, 0.05) is 0 Å². The van der Waals surface area contributed by atoms with Gasteiger partial charge in [-0.2, -0.15) is 13.2 Å². The molecule has 3 aromatic carbocycles. The Kier molecular flexibility index (Phi) is 7.35. The van der Waals surface area contributed by atoms with Crippen LogP contribution < -0.4 is 9.62 Å². The smallest absolute Gasteiger partial charge is 0.348 e. The molecule has 5 nitrogen and oxygen atoms in total. The lowest BCUT2D eigenvalue weighted by atomic mass is 10.0. The molecule has 3 aromatic rings. The third kappa shape index (κ3) is 5.77. The summed E-state index contributed by atoms with van der Waals surface area (Å²) in [5.41, 5.74) is 1.61. The van der Waals surface area contributed by atoms with Crippen LogP contribution in [-0.4, -0.2) is 20.9 Å². The molecule has 0 aliphatic carbocycles. The van der Waals surface area contributed by atoms with Crippen LogP contribution in [0, 0.1) is 13.8 Å². The minimum Gasteiger partial charge on any atom is -0.348 e. The zero-order valence-electron chi connectivity index (χ0n) is 18.9. The predicted molar refractivity (Wildman–Crippen MR) is 125 cm³/mol. The summed E-state index contributed by atoms with van der Waals surface area (Å²) < 4.78 is 67.3. The number of carbonyl (C=O) groups excluding carboxylic acids is 1. The molecule has 0 bridgehead atoms. The number of amides is 1. The Morgan fingerprint density at radius 1 is 0.971 bits per heavy atom. The van der Waals surface area contributed by atoms with E-state index in [1.54, 1.807) is 13.0 Å². The lowest BCUT2D eigenvalue weighted by Crippen LogP contribution is -2.41. The summed E-state index contributed by atoms with van der Waals surface area (Å²) >= 11 is 0. The van der Waals surface area contributed by atoms with E-state index in [0.29, 0.717) is 4.31 Å². The first-order chi connectivity index (χ1) is 15.9. The molecule has 0 radical (unpaired) electrons. The third-order valence-corrected chi connectivity index (χ3v) is 7.14. The maximum absolute atomic E-state index is 13.3. The summed E-state index contributed by atoms with van der Waals surface area (Å²) in [6.45, 7) is 4.92. The van der Waals surface area contributed by atoms with Crippen LogP contribution in [0.1, 0.15) is 35.2 Å². The number of carbonyl (C=O) groups is 1. The van der Waals surface area contributed by atoms with E-state index in [9.17, 15) is 26.4 Å². The van der Waals surface area contributed by atoms with E-state index < -0.39 is 40.3 Å². The number of nitrogens with zero attached hydrogens (tertiary/aromatic N) is 1. The second-order valence-electron chi connectivity index (χ2n) is 8.02. The fraction of sp³-hybridized carbons (Fsp3) is 0.240. The second-order valence-corrected chi connectivity index (χ2v) is 9.88. The first-order valence-electron chi connectivity index (χ1n) is 10.5. The molecule has 180 valence electrons. The molecule has 1 N–H and O–H groups in total. The van der Waals surface area contributed by atoms with Crippen LogP contribution in [-0.2, 0) is 21.0 Å². The summed E-state index contributed by atoms with van der Waals surface area (Å²) in [6, 6.07) is 16.5. The van der Waals surface area contributed by atoms with Crippen LogP contribution in [0.2, 0.25) is 0 Å². The molecular formula is C25H25F3N2O3S. The van der Waals surface area contributed by atoms with Gasteiger partial charge in [0.05, 0.1) is 22.2 Å². The van der Waals surface area contributed by atoms with Crippen LogP contribution in [0.5, 0.6) is 0 Å². The minimum atomic E-state index is -4.67. The molecule has 0 saturated heterocycles. The maximum atomic E-state index is 13.3. The second kappa shape index (κ2) is 9.89. The van der Waals surface area contributed by atoms with E-state index in [4.69, 9.17) is 0 Å². The number of nitrogens with one attached hydrogen (secondary N) is 1. The molecule has 3 rings (SSSR count). The Labute approximate surface area is 197 Å². The van der Waals surface area contributed by atoms with Gasteiger partial charge in [0.2, 0.25) is 5.91 Å². The molecule has 1 atom stereocenters. The fourth-order valence-electron chi connectivity index (χ4n) is 3.68. The predicted octanol–water partition coefficient (Wildman–Crippen LogP) is 5.39. The van der Waals surface area contributed by atoms with Crippen molar-refractivity contribution in [3.63, 3.8) is 0 Å². The zero-order chi connectivity index (χ0) is 25.1. The van der Waals surface area contributed by atoms with Gasteiger partial charge in [-0.1, -0.05) is 48.0 Å². The summed E-state index contributed by atoms with van der Waals surface area (Å²) in [5, 5.41) is 2.76. The number of hydrogen-bond acceptors (Lipinski definition) is 3. The highest BCUT2D eigenvalue weighted by Crippen LogP contribution is 2.33. The third-order valence-electron chi connectivity index (χ3n) is 5.35. The van der Waals surface area contributed by atoms with Crippen molar-refractivity contribution in [2.24, 2.45) is 0 Å². The first-order valence-corrected chi connectivity index (χ1v) is 11.9. The number of anilines is 1. The van der Waals surface area contributed by atoms with Crippen LogP contribution in [0.3, 0.4) is 0 Å². The highest BCUT2D eigenvalue weighted by Gasteiger charge is 2.33. The highest BCUT2D eigenvalue weighted by molar-refractivity contribution is 7.92. The quantitative estimate of drug-likeness (QED) is 0.483. The van der Waals surface area contributed by atoms with E-state index in [-0.39, 0.29) is 10.6 Å². The van der Waals surface area contributed by atoms with Gasteiger partial charge in [-0.05, 0) is 62.2 Å². The average molecular weight is 491 g/mol. The van der Waals surface area contributed by atoms with Gasteiger partial charge in [-0.3, -0.25) is 9.10 Å². The lowest BCUT2D eigenvalue weighted by molar-refractivity contribution is -0.137. The molecule has 34 heavy (non-hydrogen) atoms. The van der Waals surface area contributed by atoms with Crippen molar-refractivity contribution in [2.45, 2.75) is 37.9 Å². The van der Waals surface area contributed by atoms with Gasteiger partial charge < -0.3 is 5.32 Å². The Balaban J connectivity index is 1.95. The van der Waals surface area contributed by atoms with Crippen molar-refractivity contribution >= 4 is 21.6 Å². The normalized spacial score (nSPS) is 12.8. The van der Waals surface area contributed by atoms with Gasteiger partial charge >= 0.3 is 6.18 Å². The van der Waals surface area contributed by atoms with E-state index in [1.807, 2.05) is 32.0 Å². The van der Waals surface area contributed by atoms with E-state index in [2.05, 4.69) is 5.32 Å². The Morgan fingerprint density at radius 2 is 1.65 bits per heavy atom. The summed E-state index contributed by atoms with van der Waals surface area (Å²) in [7, 11) is -4.32. The average Bonchev–Trinajstić information content (AvgIpc) is 2.77. The Hall–Kier alpha value is -3.33. The van der Waals surface area contributed by atoms with Gasteiger partial charge in [0.15, 0.2) is 0 Å². The SMILES string of the molecule is Cc1ccc([C@@H](C)NC(=O)CN(c2cccc(C(F)(F)F)c2)S(=O)(=O)c2ccccc2)c(C)c1. The van der Waals surface area contributed by atoms with E-state index >= 15 is 0 Å². The summed E-state index contributed by atoms with van der Waals surface area (Å²) in [5.74, 6) is -0.649. The Morgan fingerprint density at radius 3 is 2.26 bits per heavy atom. The van der Waals surface area contributed by atoms with Crippen molar-refractivity contribution < 1.29 is 26.4 Å². The maximum Gasteiger partial charge on any atom is 0.416 e. The summed E-state index contributed by atoms with van der Waals surface area (Å²) in [4.78, 5) is 12.8. The first kappa shape index (κ1) is 25.3. The van der Waals surface area contributed by atoms with Crippen molar-refractivity contribution in [1.29, 1.82) is 0 Å². The number of aryl methyl sites for hydroxylation is 2. The molecule has 0 aliphatic heterocycles. The number of sulfonamides is 1. The molecular weight excluding hydrogens is 465 g/mol.